The lowest BCUT2D eigenvalue weighted by molar-refractivity contribution is -0.385. The van der Waals surface area contributed by atoms with E-state index >= 15 is 0 Å². The summed E-state index contributed by atoms with van der Waals surface area (Å²) in [6.07, 6.45) is 1.52. The number of carbonyl (C=O) groups excluding carboxylic acids is 1. The van der Waals surface area contributed by atoms with Crippen molar-refractivity contribution in [2.24, 2.45) is 5.84 Å². The summed E-state index contributed by atoms with van der Waals surface area (Å²) in [5.74, 6) is 4.67. The third-order valence-electron chi connectivity index (χ3n) is 3.54. The Labute approximate surface area is 161 Å². The number of benzene rings is 2. The molecule has 1 amide bonds. The summed E-state index contributed by atoms with van der Waals surface area (Å²) >= 11 is 0. The number of sulfonamides is 1. The molecule has 28 heavy (non-hydrogen) atoms. The number of hydrazine groups is 1. The van der Waals surface area contributed by atoms with Crippen LogP contribution in [0.3, 0.4) is 0 Å². The molecule has 0 radical (unpaired) electrons. The standard InChI is InChI=1S/C17H18N4O6S/c1-2-9-27-15-7-3-5-13(10-15)20(12-17(22)19-18)28(25,26)16-8-4-6-14(11-16)21(23)24/h2-8,10-11H,1,9,12,18H2,(H,19,22). The van der Waals surface area contributed by atoms with Crippen molar-refractivity contribution in [2.45, 2.75) is 4.90 Å². The Morgan fingerprint density at radius 1 is 1.29 bits per heavy atom. The molecule has 0 bridgehead atoms. The molecule has 0 fully saturated rings. The molecule has 0 heterocycles. The van der Waals surface area contributed by atoms with E-state index < -0.39 is 33.1 Å². The van der Waals surface area contributed by atoms with E-state index in [9.17, 15) is 23.3 Å². The van der Waals surface area contributed by atoms with Crippen molar-refractivity contribution >= 4 is 27.3 Å². The van der Waals surface area contributed by atoms with Crippen molar-refractivity contribution in [3.8, 4) is 5.75 Å². The van der Waals surface area contributed by atoms with Crippen molar-refractivity contribution < 1.29 is 22.9 Å². The molecular weight excluding hydrogens is 388 g/mol. The molecule has 11 heteroatoms. The van der Waals surface area contributed by atoms with E-state index in [-0.39, 0.29) is 17.2 Å². The number of non-ortho nitro benzene ring substituents is 1. The summed E-state index contributed by atoms with van der Waals surface area (Å²) in [4.78, 5) is 21.7. The second kappa shape index (κ2) is 8.97. The molecule has 0 spiro atoms. The van der Waals surface area contributed by atoms with Crippen LogP contribution in [0, 0.1) is 10.1 Å². The van der Waals surface area contributed by atoms with Crippen molar-refractivity contribution in [1.29, 1.82) is 0 Å². The highest BCUT2D eigenvalue weighted by Gasteiger charge is 2.28. The molecule has 10 nitrogen and oxygen atoms in total. The molecule has 0 aromatic heterocycles. The monoisotopic (exact) mass is 406 g/mol. The maximum atomic E-state index is 13.1. The normalized spacial score (nSPS) is 10.8. The average molecular weight is 406 g/mol. The van der Waals surface area contributed by atoms with Gasteiger partial charge in [0.15, 0.2) is 0 Å². The number of nitro groups is 1. The van der Waals surface area contributed by atoms with Crippen LogP contribution < -0.4 is 20.3 Å². The van der Waals surface area contributed by atoms with E-state index in [1.165, 1.54) is 36.4 Å². The molecule has 0 aliphatic carbocycles. The van der Waals surface area contributed by atoms with E-state index in [0.29, 0.717) is 5.75 Å². The minimum Gasteiger partial charge on any atom is -0.489 e. The fourth-order valence-electron chi connectivity index (χ4n) is 2.26. The number of rotatable bonds is 9. The number of hydrogen-bond donors (Lipinski definition) is 2. The topological polar surface area (TPSA) is 145 Å². The number of ether oxygens (including phenoxy) is 1. The van der Waals surface area contributed by atoms with Gasteiger partial charge >= 0.3 is 0 Å². The first-order valence-electron chi connectivity index (χ1n) is 7.90. The fourth-order valence-corrected chi connectivity index (χ4v) is 3.71. The molecule has 2 aromatic rings. The van der Waals surface area contributed by atoms with Crippen LogP contribution in [0.2, 0.25) is 0 Å². The predicted molar refractivity (Wildman–Crippen MR) is 102 cm³/mol. The van der Waals surface area contributed by atoms with Gasteiger partial charge in [0.1, 0.15) is 18.9 Å². The van der Waals surface area contributed by atoms with Gasteiger partial charge in [0.05, 0.1) is 15.5 Å². The molecule has 2 aromatic carbocycles. The molecule has 3 N–H and O–H groups in total. The molecule has 0 saturated heterocycles. The first-order valence-corrected chi connectivity index (χ1v) is 9.34. The lowest BCUT2D eigenvalue weighted by Gasteiger charge is -2.24. The Bertz CT molecular complexity index is 993. The maximum Gasteiger partial charge on any atom is 0.270 e. The number of hydrogen-bond acceptors (Lipinski definition) is 7. The Morgan fingerprint density at radius 3 is 2.64 bits per heavy atom. The zero-order valence-electron chi connectivity index (χ0n) is 14.6. The van der Waals surface area contributed by atoms with Crippen LogP contribution in [0.4, 0.5) is 11.4 Å². The largest absolute Gasteiger partial charge is 0.489 e. The molecule has 2 rings (SSSR count). The summed E-state index contributed by atoms with van der Waals surface area (Å²) in [7, 11) is -4.32. The van der Waals surface area contributed by atoms with E-state index in [1.807, 2.05) is 5.43 Å². The van der Waals surface area contributed by atoms with Gasteiger partial charge in [0.2, 0.25) is 0 Å². The number of nitrogens with two attached hydrogens (primary N) is 1. The van der Waals surface area contributed by atoms with Gasteiger partial charge in [-0.15, -0.1) is 0 Å². The first-order chi connectivity index (χ1) is 13.3. The Morgan fingerprint density at radius 2 is 2.00 bits per heavy atom. The first kappa shape index (κ1) is 20.9. The fraction of sp³-hybridized carbons (Fsp3) is 0.118. The maximum absolute atomic E-state index is 13.1. The number of anilines is 1. The second-order valence-corrected chi connectivity index (χ2v) is 7.29. The van der Waals surface area contributed by atoms with Crippen molar-refractivity contribution in [3.63, 3.8) is 0 Å². The van der Waals surface area contributed by atoms with Crippen LogP contribution in [0.15, 0.2) is 66.1 Å². The van der Waals surface area contributed by atoms with Crippen LogP contribution in [0.25, 0.3) is 0 Å². The molecule has 0 aliphatic heterocycles. The van der Waals surface area contributed by atoms with Crippen molar-refractivity contribution in [2.75, 3.05) is 17.5 Å². The summed E-state index contributed by atoms with van der Waals surface area (Å²) in [6.45, 7) is 3.10. The van der Waals surface area contributed by atoms with E-state index in [0.717, 1.165) is 10.4 Å². The number of nitro benzene ring substituents is 1. The van der Waals surface area contributed by atoms with Crippen molar-refractivity contribution in [3.05, 3.63) is 71.3 Å². The van der Waals surface area contributed by atoms with Crippen molar-refractivity contribution in [1.82, 2.24) is 5.43 Å². The van der Waals surface area contributed by atoms with E-state index in [2.05, 4.69) is 6.58 Å². The van der Waals surface area contributed by atoms with Gasteiger partial charge in [-0.3, -0.25) is 24.6 Å². The number of carbonyl (C=O) groups is 1. The Kier molecular flexibility index (Phi) is 6.69. The average Bonchev–Trinajstić information content (AvgIpc) is 2.70. The summed E-state index contributed by atoms with van der Waals surface area (Å²) in [6, 6.07) is 10.6. The minimum atomic E-state index is -4.32. The molecular formula is C17H18N4O6S. The van der Waals surface area contributed by atoms with Gasteiger partial charge in [-0.1, -0.05) is 24.8 Å². The van der Waals surface area contributed by atoms with Gasteiger partial charge in [0.25, 0.3) is 21.6 Å². The third-order valence-corrected chi connectivity index (χ3v) is 5.31. The van der Waals surface area contributed by atoms with Gasteiger partial charge in [-0.05, 0) is 18.2 Å². The van der Waals surface area contributed by atoms with Gasteiger partial charge < -0.3 is 4.74 Å². The van der Waals surface area contributed by atoms with Crippen LogP contribution in [-0.2, 0) is 14.8 Å². The van der Waals surface area contributed by atoms with Crippen LogP contribution in [-0.4, -0.2) is 32.4 Å². The lowest BCUT2D eigenvalue weighted by Crippen LogP contribution is -2.43. The summed E-state index contributed by atoms with van der Waals surface area (Å²) < 4.78 is 32.4. The molecule has 148 valence electrons. The number of nitrogens with zero attached hydrogens (tertiary/aromatic N) is 2. The van der Waals surface area contributed by atoms with E-state index in [4.69, 9.17) is 10.6 Å². The second-order valence-electron chi connectivity index (χ2n) is 5.43. The highest BCUT2D eigenvalue weighted by molar-refractivity contribution is 7.92. The van der Waals surface area contributed by atoms with Gasteiger partial charge in [-0.2, -0.15) is 0 Å². The van der Waals surface area contributed by atoms with Gasteiger partial charge in [0, 0.05) is 18.2 Å². The Hall–Kier alpha value is -3.44. The smallest absolute Gasteiger partial charge is 0.270 e. The highest BCUT2D eigenvalue weighted by atomic mass is 32.2. The molecule has 0 unspecified atom stereocenters. The van der Waals surface area contributed by atoms with E-state index in [1.54, 1.807) is 12.1 Å². The molecule has 0 saturated carbocycles. The molecule has 0 atom stereocenters. The zero-order valence-corrected chi connectivity index (χ0v) is 15.5. The SMILES string of the molecule is C=CCOc1cccc(N(CC(=O)NN)S(=O)(=O)c2cccc([N+](=O)[O-])c2)c1. The third kappa shape index (κ3) is 4.84. The van der Waals surface area contributed by atoms with Crippen LogP contribution in [0.5, 0.6) is 5.75 Å². The molecule has 0 aliphatic rings. The van der Waals surface area contributed by atoms with Crippen LogP contribution >= 0.6 is 0 Å². The summed E-state index contributed by atoms with van der Waals surface area (Å²) in [5, 5.41) is 11.0. The lowest BCUT2D eigenvalue weighted by atomic mass is 10.3. The quantitative estimate of drug-likeness (QED) is 0.210. The number of nitrogens with one attached hydrogen (secondary N) is 1. The van der Waals surface area contributed by atoms with Crippen LogP contribution in [0.1, 0.15) is 0 Å². The Balaban J connectivity index is 2.53. The summed E-state index contributed by atoms with van der Waals surface area (Å²) in [5.41, 5.74) is 1.60. The highest BCUT2D eigenvalue weighted by Crippen LogP contribution is 2.28. The van der Waals surface area contributed by atoms with Gasteiger partial charge in [-0.25, -0.2) is 14.3 Å². The predicted octanol–water partition coefficient (Wildman–Crippen LogP) is 1.34. The zero-order chi connectivity index (χ0) is 20.7. The minimum absolute atomic E-state index is 0.122. The number of amides is 1.